The molecule has 3 nitrogen and oxygen atoms in total. The molecule has 0 bridgehead atoms. The minimum Gasteiger partial charge on any atom is -0.383 e. The standard InChI is InChI=1S/C12H23BrN2O/c1-12(4-6-13)5-9-15(8-3-7-14)10-11-16-2/h12H,3-6,8-11H2,1-2H3. The van der Waals surface area contributed by atoms with Crippen LogP contribution in [0.3, 0.4) is 0 Å². The Balaban J connectivity index is 3.76. The van der Waals surface area contributed by atoms with Crippen LogP contribution >= 0.6 is 15.9 Å². The van der Waals surface area contributed by atoms with E-state index in [1.54, 1.807) is 7.11 Å². The highest BCUT2D eigenvalue weighted by Crippen LogP contribution is 2.10. The van der Waals surface area contributed by atoms with Gasteiger partial charge in [0.15, 0.2) is 0 Å². The molecule has 0 saturated carbocycles. The zero-order valence-electron chi connectivity index (χ0n) is 10.4. The van der Waals surface area contributed by atoms with Gasteiger partial charge in [0, 0.05) is 32.0 Å². The van der Waals surface area contributed by atoms with Gasteiger partial charge in [-0.25, -0.2) is 0 Å². The largest absolute Gasteiger partial charge is 0.383 e. The molecule has 1 atom stereocenters. The summed E-state index contributed by atoms with van der Waals surface area (Å²) in [5.74, 6) is 0.742. The van der Waals surface area contributed by atoms with Crippen molar-refractivity contribution in [2.45, 2.75) is 26.2 Å². The van der Waals surface area contributed by atoms with Crippen LogP contribution in [-0.2, 0) is 4.74 Å². The maximum atomic E-state index is 8.59. The molecular weight excluding hydrogens is 268 g/mol. The Morgan fingerprint density at radius 1 is 1.31 bits per heavy atom. The third-order valence-electron chi connectivity index (χ3n) is 2.69. The first kappa shape index (κ1) is 15.9. The molecule has 0 N–H and O–H groups in total. The van der Waals surface area contributed by atoms with Crippen LogP contribution in [0.1, 0.15) is 26.2 Å². The topological polar surface area (TPSA) is 36.3 Å². The van der Waals surface area contributed by atoms with E-state index in [-0.39, 0.29) is 0 Å². The van der Waals surface area contributed by atoms with Crippen LogP contribution in [0.25, 0.3) is 0 Å². The molecule has 0 aliphatic rings. The number of nitrogens with zero attached hydrogens (tertiary/aromatic N) is 2. The average molecular weight is 291 g/mol. The monoisotopic (exact) mass is 290 g/mol. The molecule has 0 heterocycles. The third kappa shape index (κ3) is 9.14. The fourth-order valence-electron chi connectivity index (χ4n) is 1.50. The number of nitriles is 1. The van der Waals surface area contributed by atoms with E-state index in [2.05, 4.69) is 33.8 Å². The van der Waals surface area contributed by atoms with Gasteiger partial charge in [-0.3, -0.25) is 0 Å². The Morgan fingerprint density at radius 2 is 2.06 bits per heavy atom. The summed E-state index contributed by atoms with van der Waals surface area (Å²) < 4.78 is 5.07. The summed E-state index contributed by atoms with van der Waals surface area (Å²) in [5.41, 5.74) is 0. The molecule has 0 aliphatic carbocycles. The smallest absolute Gasteiger partial charge is 0.0635 e. The van der Waals surface area contributed by atoms with Crippen molar-refractivity contribution in [2.75, 3.05) is 38.7 Å². The minimum absolute atomic E-state index is 0.608. The van der Waals surface area contributed by atoms with Crippen molar-refractivity contribution < 1.29 is 4.74 Å². The van der Waals surface area contributed by atoms with E-state index in [0.29, 0.717) is 6.42 Å². The van der Waals surface area contributed by atoms with Gasteiger partial charge in [-0.2, -0.15) is 5.26 Å². The van der Waals surface area contributed by atoms with Crippen molar-refractivity contribution >= 4 is 15.9 Å². The second kappa shape index (κ2) is 11.4. The summed E-state index contributed by atoms with van der Waals surface area (Å²) in [6.45, 7) is 5.89. The van der Waals surface area contributed by atoms with Gasteiger partial charge in [-0.1, -0.05) is 22.9 Å². The Bertz CT molecular complexity index is 194. The molecule has 0 saturated heterocycles. The van der Waals surface area contributed by atoms with E-state index in [4.69, 9.17) is 10.00 Å². The zero-order valence-corrected chi connectivity index (χ0v) is 12.0. The van der Waals surface area contributed by atoms with Gasteiger partial charge in [-0.15, -0.1) is 0 Å². The van der Waals surface area contributed by atoms with Gasteiger partial charge < -0.3 is 9.64 Å². The molecule has 0 aromatic carbocycles. The Kier molecular flexibility index (Phi) is 11.3. The molecule has 94 valence electrons. The van der Waals surface area contributed by atoms with Crippen LogP contribution in [0.15, 0.2) is 0 Å². The molecule has 4 heteroatoms. The molecule has 0 amide bonds. The van der Waals surface area contributed by atoms with E-state index in [1.165, 1.54) is 12.8 Å². The molecule has 0 rings (SSSR count). The number of hydrogen-bond acceptors (Lipinski definition) is 3. The molecule has 0 radical (unpaired) electrons. The van der Waals surface area contributed by atoms with E-state index in [9.17, 15) is 0 Å². The normalized spacial score (nSPS) is 12.7. The molecule has 0 aliphatic heterocycles. The second-order valence-corrected chi connectivity index (χ2v) is 4.91. The lowest BCUT2D eigenvalue weighted by molar-refractivity contribution is 0.145. The Morgan fingerprint density at radius 3 is 2.62 bits per heavy atom. The highest BCUT2D eigenvalue weighted by atomic mass is 79.9. The van der Waals surface area contributed by atoms with Crippen molar-refractivity contribution in [1.29, 1.82) is 5.26 Å². The fraction of sp³-hybridized carbons (Fsp3) is 0.917. The lowest BCUT2D eigenvalue weighted by Crippen LogP contribution is -2.30. The van der Waals surface area contributed by atoms with Crippen LogP contribution in [0.2, 0.25) is 0 Å². The third-order valence-corrected chi connectivity index (χ3v) is 3.15. The van der Waals surface area contributed by atoms with Crippen molar-refractivity contribution in [3.63, 3.8) is 0 Å². The first-order valence-electron chi connectivity index (χ1n) is 5.88. The highest BCUT2D eigenvalue weighted by Gasteiger charge is 2.07. The van der Waals surface area contributed by atoms with E-state index in [1.807, 2.05) is 0 Å². The lowest BCUT2D eigenvalue weighted by atomic mass is 10.1. The fourth-order valence-corrected chi connectivity index (χ4v) is 2.28. The lowest BCUT2D eigenvalue weighted by Gasteiger charge is -2.22. The van der Waals surface area contributed by atoms with Gasteiger partial charge in [-0.05, 0) is 25.3 Å². The van der Waals surface area contributed by atoms with Crippen LogP contribution < -0.4 is 0 Å². The van der Waals surface area contributed by atoms with Crippen LogP contribution in [0.5, 0.6) is 0 Å². The van der Waals surface area contributed by atoms with E-state index < -0.39 is 0 Å². The molecule has 0 spiro atoms. The van der Waals surface area contributed by atoms with Gasteiger partial charge in [0.25, 0.3) is 0 Å². The van der Waals surface area contributed by atoms with Gasteiger partial charge in [0.05, 0.1) is 12.7 Å². The minimum atomic E-state index is 0.608. The summed E-state index contributed by atoms with van der Waals surface area (Å²) in [5, 5.41) is 9.66. The maximum absolute atomic E-state index is 8.59. The summed E-state index contributed by atoms with van der Waals surface area (Å²) in [7, 11) is 1.72. The number of ether oxygens (including phenoxy) is 1. The first-order valence-corrected chi connectivity index (χ1v) is 7.01. The number of halogens is 1. The molecule has 0 aromatic rings. The van der Waals surface area contributed by atoms with Crippen molar-refractivity contribution in [2.24, 2.45) is 5.92 Å². The molecule has 0 aromatic heterocycles. The number of rotatable bonds is 10. The summed E-state index contributed by atoms with van der Waals surface area (Å²) in [6, 6.07) is 2.20. The van der Waals surface area contributed by atoms with Gasteiger partial charge >= 0.3 is 0 Å². The van der Waals surface area contributed by atoms with Crippen LogP contribution in [-0.4, -0.2) is 43.6 Å². The second-order valence-electron chi connectivity index (χ2n) is 4.11. The van der Waals surface area contributed by atoms with Crippen molar-refractivity contribution in [3.05, 3.63) is 0 Å². The SMILES string of the molecule is COCCN(CCC#N)CCC(C)CCBr. The Labute approximate surface area is 108 Å². The zero-order chi connectivity index (χ0) is 12.2. The average Bonchev–Trinajstić information content (AvgIpc) is 2.28. The predicted molar refractivity (Wildman–Crippen MR) is 70.7 cm³/mol. The molecule has 1 unspecified atom stereocenters. The Hall–Kier alpha value is -0.110. The van der Waals surface area contributed by atoms with Gasteiger partial charge in [0.1, 0.15) is 0 Å². The predicted octanol–water partition coefficient (Wildman–Crippen LogP) is 2.66. The maximum Gasteiger partial charge on any atom is 0.0635 e. The summed E-state index contributed by atoms with van der Waals surface area (Å²) in [6.07, 6.45) is 3.02. The van der Waals surface area contributed by atoms with E-state index in [0.717, 1.165) is 37.5 Å². The number of alkyl halides is 1. The number of methoxy groups -OCH3 is 1. The van der Waals surface area contributed by atoms with Crippen LogP contribution in [0.4, 0.5) is 0 Å². The summed E-state index contributed by atoms with van der Waals surface area (Å²) >= 11 is 3.46. The summed E-state index contributed by atoms with van der Waals surface area (Å²) in [4.78, 5) is 2.32. The molecule has 16 heavy (non-hydrogen) atoms. The highest BCUT2D eigenvalue weighted by molar-refractivity contribution is 9.09. The van der Waals surface area contributed by atoms with Crippen LogP contribution in [0, 0.1) is 17.2 Å². The van der Waals surface area contributed by atoms with Crippen molar-refractivity contribution in [1.82, 2.24) is 4.90 Å². The first-order chi connectivity index (χ1) is 7.74. The van der Waals surface area contributed by atoms with Gasteiger partial charge in [0.2, 0.25) is 0 Å². The molecular formula is C12H23BrN2O. The van der Waals surface area contributed by atoms with Crippen molar-refractivity contribution in [3.8, 4) is 6.07 Å². The molecule has 0 fully saturated rings. The quantitative estimate of drug-likeness (QED) is 0.581. The number of hydrogen-bond donors (Lipinski definition) is 0. The van der Waals surface area contributed by atoms with E-state index >= 15 is 0 Å².